The van der Waals surface area contributed by atoms with Crippen LogP contribution in [0.4, 0.5) is 4.39 Å². The van der Waals surface area contributed by atoms with E-state index < -0.39 is 0 Å². The van der Waals surface area contributed by atoms with Crippen LogP contribution in [0.25, 0.3) is 0 Å². The summed E-state index contributed by atoms with van der Waals surface area (Å²) >= 11 is 0. The van der Waals surface area contributed by atoms with Crippen molar-refractivity contribution in [2.45, 2.75) is 19.9 Å². The number of halogens is 1. The third kappa shape index (κ3) is 4.66. The van der Waals surface area contributed by atoms with Crippen LogP contribution in [-0.4, -0.2) is 12.5 Å². The molecule has 4 heteroatoms. The van der Waals surface area contributed by atoms with Crippen LogP contribution in [0.2, 0.25) is 0 Å². The Morgan fingerprint density at radius 2 is 2.29 bits per heavy atom. The van der Waals surface area contributed by atoms with E-state index in [-0.39, 0.29) is 11.7 Å². The van der Waals surface area contributed by atoms with Gasteiger partial charge < -0.3 is 11.1 Å². The Morgan fingerprint density at radius 1 is 1.53 bits per heavy atom. The van der Waals surface area contributed by atoms with Crippen molar-refractivity contribution in [1.29, 1.82) is 0 Å². The van der Waals surface area contributed by atoms with Gasteiger partial charge in [0.1, 0.15) is 5.82 Å². The normalized spacial score (nSPS) is 9.35. The molecule has 1 aromatic rings. The highest BCUT2D eigenvalue weighted by molar-refractivity contribution is 5.72. The average Bonchev–Trinajstić information content (AvgIpc) is 2.28. The third-order valence-corrected chi connectivity index (χ3v) is 2.14. The summed E-state index contributed by atoms with van der Waals surface area (Å²) in [5.41, 5.74) is 6.95. The van der Waals surface area contributed by atoms with Crippen LogP contribution < -0.4 is 11.1 Å². The molecule has 0 spiro atoms. The van der Waals surface area contributed by atoms with E-state index in [1.165, 1.54) is 19.1 Å². The van der Waals surface area contributed by atoms with Gasteiger partial charge in [-0.2, -0.15) is 0 Å². The second-order valence-electron chi connectivity index (χ2n) is 3.54. The molecule has 3 nitrogen and oxygen atoms in total. The molecule has 0 unspecified atom stereocenters. The summed E-state index contributed by atoms with van der Waals surface area (Å²) in [6, 6.07) is 4.37. The number of hydrogen-bond acceptors (Lipinski definition) is 2. The lowest BCUT2D eigenvalue weighted by atomic mass is 10.1. The molecule has 0 saturated heterocycles. The molecule has 0 aliphatic heterocycles. The van der Waals surface area contributed by atoms with E-state index in [0.717, 1.165) is 5.56 Å². The van der Waals surface area contributed by atoms with E-state index in [9.17, 15) is 9.18 Å². The van der Waals surface area contributed by atoms with Crippen LogP contribution in [-0.2, 0) is 11.3 Å². The lowest BCUT2D eigenvalue weighted by molar-refractivity contribution is -0.118. The Balaban J connectivity index is 2.64. The first-order valence-corrected chi connectivity index (χ1v) is 5.35. The molecule has 0 aliphatic rings. The minimum absolute atomic E-state index is 0.0831. The van der Waals surface area contributed by atoms with Gasteiger partial charge in [-0.3, -0.25) is 4.79 Å². The molecule has 90 valence electrons. The van der Waals surface area contributed by atoms with E-state index in [1.807, 2.05) is 0 Å². The zero-order chi connectivity index (χ0) is 12.7. The molecule has 17 heavy (non-hydrogen) atoms. The van der Waals surface area contributed by atoms with Crippen molar-refractivity contribution in [3.8, 4) is 11.8 Å². The minimum atomic E-state index is -0.326. The molecule has 0 bridgehead atoms. The standard InChI is InChI=1S/C13H15FN2O/c1-10(17)16-7-3-2-4-11-8-13(14)6-5-12(11)9-15/h5-6,8H,3,7,9,15H2,1H3,(H,16,17). The third-order valence-electron chi connectivity index (χ3n) is 2.14. The second kappa shape index (κ2) is 6.66. The van der Waals surface area contributed by atoms with Crippen molar-refractivity contribution >= 4 is 5.91 Å². The maximum atomic E-state index is 13.0. The molecule has 0 fully saturated rings. The smallest absolute Gasteiger partial charge is 0.216 e. The quantitative estimate of drug-likeness (QED) is 0.609. The number of amides is 1. The lowest BCUT2D eigenvalue weighted by Gasteiger charge is -2.00. The molecule has 1 aromatic carbocycles. The summed E-state index contributed by atoms with van der Waals surface area (Å²) < 4.78 is 13.0. The second-order valence-corrected chi connectivity index (χ2v) is 3.54. The predicted molar refractivity (Wildman–Crippen MR) is 64.5 cm³/mol. The SMILES string of the molecule is CC(=O)NCCC#Cc1cc(F)ccc1CN. The van der Waals surface area contributed by atoms with Gasteiger partial charge in [0.25, 0.3) is 0 Å². The maximum absolute atomic E-state index is 13.0. The predicted octanol–water partition coefficient (Wildman–Crippen LogP) is 1.16. The Labute approximate surface area is 100 Å². The molecule has 1 amide bonds. The molecule has 0 aromatic heterocycles. The number of nitrogens with two attached hydrogens (primary N) is 1. The zero-order valence-corrected chi connectivity index (χ0v) is 9.72. The van der Waals surface area contributed by atoms with Crippen molar-refractivity contribution in [1.82, 2.24) is 5.32 Å². The van der Waals surface area contributed by atoms with Gasteiger partial charge in [-0.1, -0.05) is 17.9 Å². The summed E-state index contributed by atoms with van der Waals surface area (Å²) in [4.78, 5) is 10.6. The number of hydrogen-bond donors (Lipinski definition) is 2. The van der Waals surface area contributed by atoms with E-state index in [4.69, 9.17) is 5.73 Å². The van der Waals surface area contributed by atoms with Crippen molar-refractivity contribution < 1.29 is 9.18 Å². The van der Waals surface area contributed by atoms with Crippen molar-refractivity contribution in [2.24, 2.45) is 5.73 Å². The van der Waals surface area contributed by atoms with Crippen LogP contribution in [0.15, 0.2) is 18.2 Å². The first kappa shape index (κ1) is 13.2. The van der Waals surface area contributed by atoms with Gasteiger partial charge in [-0.15, -0.1) is 0 Å². The molecule has 1 rings (SSSR count). The summed E-state index contributed by atoms with van der Waals surface area (Å²) in [7, 11) is 0. The summed E-state index contributed by atoms with van der Waals surface area (Å²) in [5.74, 6) is 5.32. The summed E-state index contributed by atoms with van der Waals surface area (Å²) in [5, 5.41) is 2.63. The largest absolute Gasteiger partial charge is 0.355 e. The number of rotatable bonds is 3. The number of nitrogens with one attached hydrogen (secondary N) is 1. The Kier molecular flexibility index (Phi) is 5.18. The number of carbonyl (C=O) groups is 1. The average molecular weight is 234 g/mol. The van der Waals surface area contributed by atoms with Crippen LogP contribution in [0.5, 0.6) is 0 Å². The topological polar surface area (TPSA) is 55.1 Å². The Hall–Kier alpha value is -1.86. The van der Waals surface area contributed by atoms with Crippen molar-refractivity contribution in [3.63, 3.8) is 0 Å². The highest BCUT2D eigenvalue weighted by Crippen LogP contribution is 2.09. The van der Waals surface area contributed by atoms with Crippen LogP contribution >= 0.6 is 0 Å². The first-order valence-electron chi connectivity index (χ1n) is 5.35. The van der Waals surface area contributed by atoms with Gasteiger partial charge in [-0.25, -0.2) is 4.39 Å². The van der Waals surface area contributed by atoms with Gasteiger partial charge >= 0.3 is 0 Å². The van der Waals surface area contributed by atoms with Crippen LogP contribution in [0.1, 0.15) is 24.5 Å². The van der Waals surface area contributed by atoms with Gasteiger partial charge in [0.2, 0.25) is 5.91 Å². The molecular formula is C13H15FN2O. The highest BCUT2D eigenvalue weighted by Gasteiger charge is 1.99. The van der Waals surface area contributed by atoms with Gasteiger partial charge in [-0.05, 0) is 17.7 Å². The zero-order valence-electron chi connectivity index (χ0n) is 9.72. The van der Waals surface area contributed by atoms with Gasteiger partial charge in [0.05, 0.1) is 0 Å². The van der Waals surface area contributed by atoms with Crippen LogP contribution in [0.3, 0.4) is 0 Å². The monoisotopic (exact) mass is 234 g/mol. The molecule has 0 saturated carbocycles. The molecule has 0 radical (unpaired) electrons. The molecular weight excluding hydrogens is 219 g/mol. The fourth-order valence-corrected chi connectivity index (χ4v) is 1.30. The van der Waals surface area contributed by atoms with Gasteiger partial charge in [0, 0.05) is 32.0 Å². The first-order chi connectivity index (χ1) is 8.13. The molecule has 0 heterocycles. The summed E-state index contributed by atoms with van der Waals surface area (Å²) in [6.07, 6.45) is 0.528. The highest BCUT2D eigenvalue weighted by atomic mass is 19.1. The van der Waals surface area contributed by atoms with E-state index in [0.29, 0.717) is 25.1 Å². The van der Waals surface area contributed by atoms with E-state index in [2.05, 4.69) is 17.2 Å². The Morgan fingerprint density at radius 3 is 2.94 bits per heavy atom. The van der Waals surface area contributed by atoms with E-state index >= 15 is 0 Å². The maximum Gasteiger partial charge on any atom is 0.216 e. The van der Waals surface area contributed by atoms with E-state index in [1.54, 1.807) is 6.07 Å². The van der Waals surface area contributed by atoms with Gasteiger partial charge in [0.15, 0.2) is 0 Å². The number of carbonyl (C=O) groups excluding carboxylic acids is 1. The van der Waals surface area contributed by atoms with Crippen molar-refractivity contribution in [2.75, 3.05) is 6.54 Å². The number of benzene rings is 1. The van der Waals surface area contributed by atoms with Crippen LogP contribution in [0, 0.1) is 17.7 Å². The lowest BCUT2D eigenvalue weighted by Crippen LogP contribution is -2.20. The fraction of sp³-hybridized carbons (Fsp3) is 0.308. The summed E-state index contributed by atoms with van der Waals surface area (Å²) in [6.45, 7) is 2.28. The molecule has 0 atom stereocenters. The molecule has 3 N–H and O–H groups in total. The fourth-order valence-electron chi connectivity index (χ4n) is 1.30. The Bertz CT molecular complexity index is 460. The molecule has 0 aliphatic carbocycles. The van der Waals surface area contributed by atoms with Crippen molar-refractivity contribution in [3.05, 3.63) is 35.1 Å². The minimum Gasteiger partial charge on any atom is -0.355 e.